The number of amides is 2. The lowest BCUT2D eigenvalue weighted by Gasteiger charge is -2.35. The third kappa shape index (κ3) is 10.5. The summed E-state index contributed by atoms with van der Waals surface area (Å²) < 4.78 is 84.9. The molecule has 0 radical (unpaired) electrons. The number of sulfonamides is 1. The molecule has 55 heavy (non-hydrogen) atoms. The summed E-state index contributed by atoms with van der Waals surface area (Å²) in [5.74, 6) is -1.71. The van der Waals surface area contributed by atoms with Crippen molar-refractivity contribution in [1.29, 1.82) is 0 Å². The number of ether oxygens (including phenoxy) is 5. The Bertz CT molecular complexity index is 1900. The predicted octanol–water partition coefficient (Wildman–Crippen LogP) is 4.77. The molecule has 2 saturated heterocycles. The normalized spacial score (nSPS) is 20.2. The van der Waals surface area contributed by atoms with E-state index >= 15 is 0 Å². The monoisotopic (exact) mass is 787 g/mol. The summed E-state index contributed by atoms with van der Waals surface area (Å²) in [7, 11) is -4.25. The largest absolute Gasteiger partial charge is 0.454 e. The molecule has 0 unspecified atom stereocenters. The van der Waals surface area contributed by atoms with Gasteiger partial charge in [0.15, 0.2) is 17.8 Å². The van der Waals surface area contributed by atoms with E-state index in [2.05, 4.69) is 10.6 Å². The van der Waals surface area contributed by atoms with Crippen LogP contribution in [-0.2, 0) is 30.7 Å². The smallest absolute Gasteiger partial charge is 0.407 e. The molecule has 3 aromatic carbocycles. The van der Waals surface area contributed by atoms with Gasteiger partial charge in [0.25, 0.3) is 5.91 Å². The number of nitrogens with zero attached hydrogens (tertiary/aromatic N) is 1. The van der Waals surface area contributed by atoms with Crippen LogP contribution < -0.4 is 20.1 Å². The standard InChI is InChI=1S/C39H47F2N3O10S/c1-39(2,13-6-7-14-42-36(46)26-17-27(40)19-28(41)18-26)23-44(55(48,49)29-10-11-33-34(20-29)53-24-52-33)21-32(45)31(16-25-8-4-3-5-9-25)43-38(47)54-35-22-51-37-30(35)12-15-50-37/h3-5,8-11,17-20,30-32,35,37,45H,6-7,12-16,21-24H2,1-2H3,(H,42,46)(H,43,47)/t30-,31-,32+,35-,37+/m0/s1. The first kappa shape index (κ1) is 40.3. The maximum absolute atomic E-state index is 14.4. The van der Waals surface area contributed by atoms with Crippen LogP contribution in [0.5, 0.6) is 11.5 Å². The second-order valence-electron chi connectivity index (χ2n) is 14.8. The first-order chi connectivity index (χ1) is 26.3. The van der Waals surface area contributed by atoms with E-state index in [0.717, 1.165) is 17.7 Å². The van der Waals surface area contributed by atoms with Crippen LogP contribution in [0.3, 0.4) is 0 Å². The number of benzene rings is 3. The van der Waals surface area contributed by atoms with Crippen molar-refractivity contribution in [2.75, 3.05) is 39.6 Å². The quantitative estimate of drug-likeness (QED) is 0.163. The highest BCUT2D eigenvalue weighted by Gasteiger charge is 2.44. The summed E-state index contributed by atoms with van der Waals surface area (Å²) in [6, 6.07) is 15.2. The van der Waals surface area contributed by atoms with Crippen LogP contribution in [0.1, 0.15) is 55.5 Å². The molecule has 16 heteroatoms. The van der Waals surface area contributed by atoms with Gasteiger partial charge in [-0.3, -0.25) is 4.79 Å². The molecule has 0 spiro atoms. The first-order valence-electron chi connectivity index (χ1n) is 18.3. The van der Waals surface area contributed by atoms with Gasteiger partial charge in [-0.15, -0.1) is 0 Å². The van der Waals surface area contributed by atoms with E-state index in [9.17, 15) is 31.9 Å². The van der Waals surface area contributed by atoms with Crippen LogP contribution in [0.2, 0.25) is 0 Å². The Kier molecular flexibility index (Phi) is 12.9. The van der Waals surface area contributed by atoms with Gasteiger partial charge in [-0.05, 0) is 60.9 Å². The molecule has 3 aliphatic heterocycles. The van der Waals surface area contributed by atoms with Crippen molar-refractivity contribution in [3.8, 4) is 11.5 Å². The summed E-state index contributed by atoms with van der Waals surface area (Å²) >= 11 is 0. The van der Waals surface area contributed by atoms with Crippen molar-refractivity contribution in [3.05, 3.63) is 89.5 Å². The fourth-order valence-electron chi connectivity index (χ4n) is 7.07. The average molecular weight is 788 g/mol. The molecule has 3 heterocycles. The number of halogens is 2. The van der Waals surface area contributed by atoms with Gasteiger partial charge in [-0.2, -0.15) is 4.31 Å². The van der Waals surface area contributed by atoms with Gasteiger partial charge in [0.05, 0.1) is 36.2 Å². The van der Waals surface area contributed by atoms with Crippen molar-refractivity contribution < 1.29 is 55.6 Å². The van der Waals surface area contributed by atoms with Gasteiger partial charge in [-0.25, -0.2) is 22.0 Å². The van der Waals surface area contributed by atoms with Gasteiger partial charge in [0, 0.05) is 37.3 Å². The molecule has 13 nitrogen and oxygen atoms in total. The minimum Gasteiger partial charge on any atom is -0.454 e. The van der Waals surface area contributed by atoms with Gasteiger partial charge in [0.1, 0.15) is 17.7 Å². The molecule has 0 saturated carbocycles. The van der Waals surface area contributed by atoms with Gasteiger partial charge in [-0.1, -0.05) is 50.6 Å². The summed E-state index contributed by atoms with van der Waals surface area (Å²) in [6.45, 7) is 4.29. The van der Waals surface area contributed by atoms with Crippen LogP contribution in [0, 0.1) is 23.0 Å². The lowest BCUT2D eigenvalue weighted by Crippen LogP contribution is -2.52. The van der Waals surface area contributed by atoms with E-state index < -0.39 is 63.6 Å². The minimum absolute atomic E-state index is 0.0131. The molecule has 6 rings (SSSR count). The third-order valence-electron chi connectivity index (χ3n) is 9.98. The molecule has 2 amide bonds. The van der Waals surface area contributed by atoms with E-state index in [0.29, 0.717) is 44.1 Å². The maximum Gasteiger partial charge on any atom is 0.407 e. The maximum atomic E-state index is 14.4. The molecule has 3 aliphatic rings. The Labute approximate surface area is 319 Å². The van der Waals surface area contributed by atoms with E-state index in [-0.39, 0.29) is 61.6 Å². The van der Waals surface area contributed by atoms with Crippen molar-refractivity contribution >= 4 is 22.0 Å². The third-order valence-corrected chi connectivity index (χ3v) is 11.8. The predicted molar refractivity (Wildman–Crippen MR) is 195 cm³/mol. The van der Waals surface area contributed by atoms with Gasteiger partial charge < -0.3 is 39.4 Å². The van der Waals surface area contributed by atoms with Crippen LogP contribution in [0.15, 0.2) is 71.6 Å². The first-order valence-corrected chi connectivity index (χ1v) is 19.8. The number of hydrogen-bond donors (Lipinski definition) is 3. The number of unbranched alkanes of at least 4 members (excludes halogenated alkanes) is 1. The second-order valence-corrected chi connectivity index (χ2v) is 16.8. The SMILES string of the molecule is CC(C)(CCCCNC(=O)c1cc(F)cc(F)c1)CN(C[C@@H](O)[C@H](Cc1ccccc1)NC(=O)O[C@H]1CO[C@H]2OCC[C@H]21)S(=O)(=O)c1ccc2c(c1)OCO2. The number of aliphatic hydroxyl groups excluding tert-OH is 1. The van der Waals surface area contributed by atoms with Crippen LogP contribution in [0.4, 0.5) is 13.6 Å². The number of carbonyl (C=O) groups excluding carboxylic acids is 2. The lowest BCUT2D eigenvalue weighted by molar-refractivity contribution is -0.0907. The van der Waals surface area contributed by atoms with Crippen molar-refractivity contribution in [2.45, 2.75) is 75.4 Å². The summed E-state index contributed by atoms with van der Waals surface area (Å²) in [5, 5.41) is 17.3. The Morgan fingerprint density at radius 2 is 1.75 bits per heavy atom. The zero-order chi connectivity index (χ0) is 39.2. The van der Waals surface area contributed by atoms with Crippen molar-refractivity contribution in [1.82, 2.24) is 14.9 Å². The number of hydrogen-bond acceptors (Lipinski definition) is 10. The number of nitrogens with one attached hydrogen (secondary N) is 2. The molecular formula is C39H47F2N3O10S. The van der Waals surface area contributed by atoms with E-state index in [1.165, 1.54) is 22.5 Å². The Balaban J connectivity index is 1.15. The Morgan fingerprint density at radius 1 is 1.00 bits per heavy atom. The molecule has 5 atom stereocenters. The second kappa shape index (κ2) is 17.6. The highest BCUT2D eigenvalue weighted by Crippen LogP contribution is 2.36. The highest BCUT2D eigenvalue weighted by atomic mass is 32.2. The van der Waals surface area contributed by atoms with Crippen LogP contribution in [0.25, 0.3) is 0 Å². The molecule has 3 N–H and O–H groups in total. The number of rotatable bonds is 17. The van der Waals surface area contributed by atoms with Crippen LogP contribution >= 0.6 is 0 Å². The average Bonchev–Trinajstić information content (AvgIpc) is 3.90. The number of aliphatic hydroxyl groups is 1. The number of carbonyl (C=O) groups is 2. The van der Waals surface area contributed by atoms with E-state index in [1.54, 1.807) is 0 Å². The van der Waals surface area contributed by atoms with Crippen molar-refractivity contribution in [2.24, 2.45) is 11.3 Å². The van der Waals surface area contributed by atoms with Crippen LogP contribution in [-0.4, -0.2) is 94.0 Å². The minimum atomic E-state index is -4.25. The molecular weight excluding hydrogens is 741 g/mol. The Morgan fingerprint density at radius 3 is 2.51 bits per heavy atom. The molecule has 0 aromatic heterocycles. The molecule has 0 bridgehead atoms. The molecule has 298 valence electrons. The Hall–Kier alpha value is -4.35. The topological polar surface area (TPSA) is 162 Å². The fraction of sp³-hybridized carbons (Fsp3) is 0.487. The summed E-state index contributed by atoms with van der Waals surface area (Å²) in [4.78, 5) is 25.7. The molecule has 3 aromatic rings. The van der Waals surface area contributed by atoms with E-state index in [1.807, 2.05) is 44.2 Å². The zero-order valence-electron chi connectivity index (χ0n) is 30.7. The van der Waals surface area contributed by atoms with E-state index in [4.69, 9.17) is 23.7 Å². The zero-order valence-corrected chi connectivity index (χ0v) is 31.6. The molecule has 2 fully saturated rings. The highest BCUT2D eigenvalue weighted by molar-refractivity contribution is 7.89. The fourth-order valence-corrected chi connectivity index (χ4v) is 8.73. The summed E-state index contributed by atoms with van der Waals surface area (Å²) in [6.07, 6.45) is -0.612. The van der Waals surface area contributed by atoms with Gasteiger partial charge >= 0.3 is 6.09 Å². The van der Waals surface area contributed by atoms with Crippen molar-refractivity contribution in [3.63, 3.8) is 0 Å². The summed E-state index contributed by atoms with van der Waals surface area (Å²) in [5.41, 5.74) is 0.0433. The number of alkyl carbamates (subject to hydrolysis) is 1. The van der Waals surface area contributed by atoms with Gasteiger partial charge in [0.2, 0.25) is 16.8 Å². The lowest BCUT2D eigenvalue weighted by atomic mass is 9.87. The number of fused-ring (bicyclic) bond motifs is 2. The molecule has 0 aliphatic carbocycles.